The molecule has 0 spiro atoms. The van der Waals surface area contributed by atoms with Gasteiger partial charge >= 0.3 is 5.97 Å². The van der Waals surface area contributed by atoms with E-state index >= 15 is 0 Å². The number of hydrogen-bond donors (Lipinski definition) is 0. The Bertz CT molecular complexity index is 275. The fourth-order valence-electron chi connectivity index (χ4n) is 0.850. The molecule has 1 atom stereocenters. The molecule has 0 N–H and O–H groups in total. The van der Waals surface area contributed by atoms with E-state index < -0.39 is 22.4 Å². The Morgan fingerprint density at radius 1 is 1.33 bits per heavy atom. The molecule has 15 heavy (non-hydrogen) atoms. The van der Waals surface area contributed by atoms with Crippen molar-refractivity contribution in [2.24, 2.45) is 5.92 Å². The van der Waals surface area contributed by atoms with E-state index in [0.29, 0.717) is 0 Å². The van der Waals surface area contributed by atoms with Gasteiger partial charge in [-0.1, -0.05) is 6.58 Å². The fourth-order valence-corrected chi connectivity index (χ4v) is 1.22. The lowest BCUT2D eigenvalue weighted by atomic mass is 10.0. The molecule has 1 unspecified atom stereocenters. The lowest BCUT2D eigenvalue weighted by Gasteiger charge is -2.09. The molecule has 0 aliphatic heterocycles. The van der Waals surface area contributed by atoms with Gasteiger partial charge in [-0.2, -0.15) is 0 Å². The second-order valence-corrected chi connectivity index (χ2v) is 3.51. The second kappa shape index (κ2) is 7.43. The van der Waals surface area contributed by atoms with E-state index in [1.54, 1.807) is 0 Å². The number of rotatable bonds is 7. The number of esters is 1. The maximum Gasteiger partial charge on any atom is 0.330 e. The Kier molecular flexibility index (Phi) is 6.99. The molecule has 0 fully saturated rings. The average Bonchev–Trinajstić information content (AvgIpc) is 2.15. The fraction of sp³-hybridized carbons (Fsp3) is 0.444. The highest BCUT2D eigenvalue weighted by Gasteiger charge is 2.19. The van der Waals surface area contributed by atoms with Crippen molar-refractivity contribution in [1.29, 1.82) is 0 Å². The van der Waals surface area contributed by atoms with E-state index in [4.69, 9.17) is 23.2 Å². The first kappa shape index (κ1) is 14.1. The molecule has 0 saturated carbocycles. The highest BCUT2D eigenvalue weighted by molar-refractivity contribution is 6.66. The molecule has 0 aromatic carbocycles. The number of halogens is 2. The zero-order valence-corrected chi connectivity index (χ0v) is 9.38. The van der Waals surface area contributed by atoms with Crippen LogP contribution in [-0.4, -0.2) is 23.1 Å². The van der Waals surface area contributed by atoms with Crippen LogP contribution in [0.4, 0.5) is 0 Å². The van der Waals surface area contributed by atoms with E-state index in [1.165, 1.54) is 0 Å². The summed E-state index contributed by atoms with van der Waals surface area (Å²) in [5, 5.41) is -1.32. The van der Waals surface area contributed by atoms with Gasteiger partial charge in [0.25, 0.3) is 0 Å². The van der Waals surface area contributed by atoms with Gasteiger partial charge in [-0.3, -0.25) is 9.59 Å². The van der Waals surface area contributed by atoms with Gasteiger partial charge in [0.2, 0.25) is 10.5 Å². The van der Waals surface area contributed by atoms with E-state index in [-0.39, 0.29) is 19.4 Å². The highest BCUT2D eigenvalue weighted by Crippen LogP contribution is 2.14. The molecule has 4 nitrogen and oxygen atoms in total. The summed E-state index contributed by atoms with van der Waals surface area (Å²) in [6, 6.07) is 0. The summed E-state index contributed by atoms with van der Waals surface area (Å²) in [6.45, 7) is 3.20. The monoisotopic (exact) mass is 252 g/mol. The van der Waals surface area contributed by atoms with E-state index in [9.17, 15) is 14.4 Å². The van der Waals surface area contributed by atoms with Crippen molar-refractivity contribution >= 4 is 39.7 Å². The third-order valence-electron chi connectivity index (χ3n) is 1.61. The molecular weight excluding hydrogens is 243 g/mol. The zero-order valence-electron chi connectivity index (χ0n) is 7.87. The summed E-state index contributed by atoms with van der Waals surface area (Å²) in [6.07, 6.45) is 1.01. The summed E-state index contributed by atoms with van der Waals surface area (Å²) < 4.78 is 4.63. The van der Waals surface area contributed by atoms with Crippen LogP contribution in [0.5, 0.6) is 0 Å². The van der Waals surface area contributed by atoms with Crippen LogP contribution in [-0.2, 0) is 19.1 Å². The maximum absolute atomic E-state index is 10.8. The Hall–Kier alpha value is -0.870. The van der Waals surface area contributed by atoms with Crippen molar-refractivity contribution < 1.29 is 19.1 Å². The van der Waals surface area contributed by atoms with Gasteiger partial charge in [0, 0.05) is 18.4 Å². The van der Waals surface area contributed by atoms with Gasteiger partial charge in [-0.25, -0.2) is 4.79 Å². The van der Waals surface area contributed by atoms with Gasteiger partial charge in [0.1, 0.15) is 0 Å². The van der Waals surface area contributed by atoms with Crippen LogP contribution in [0.25, 0.3) is 0 Å². The Balaban J connectivity index is 3.96. The van der Waals surface area contributed by atoms with Gasteiger partial charge in [-0.05, 0) is 29.6 Å². The minimum absolute atomic E-state index is 0.00184. The predicted molar refractivity (Wildman–Crippen MR) is 55.6 cm³/mol. The van der Waals surface area contributed by atoms with Crippen molar-refractivity contribution in [3.63, 3.8) is 0 Å². The van der Waals surface area contributed by atoms with Crippen LogP contribution in [0.2, 0.25) is 0 Å². The number of carbonyl (C=O) groups excluding carboxylic acids is 3. The molecule has 0 aliphatic rings. The van der Waals surface area contributed by atoms with Crippen LogP contribution in [0.15, 0.2) is 12.7 Å². The zero-order chi connectivity index (χ0) is 11.8. The number of carbonyl (C=O) groups is 3. The van der Waals surface area contributed by atoms with Crippen LogP contribution in [0.1, 0.15) is 12.8 Å². The van der Waals surface area contributed by atoms with E-state index in [2.05, 4.69) is 11.3 Å². The molecule has 0 radical (unpaired) electrons. The molecule has 0 amide bonds. The molecular formula is C9H10Cl2O4. The molecule has 6 heteroatoms. The Morgan fingerprint density at radius 2 is 1.93 bits per heavy atom. The summed E-state index contributed by atoms with van der Waals surface area (Å²) in [7, 11) is 0. The first-order valence-corrected chi connectivity index (χ1v) is 4.89. The largest absolute Gasteiger partial charge is 0.463 e. The predicted octanol–water partition coefficient (Wildman–Crippen LogP) is 1.64. The summed E-state index contributed by atoms with van der Waals surface area (Å²) in [5.41, 5.74) is 0. The maximum atomic E-state index is 10.8. The first-order valence-electron chi connectivity index (χ1n) is 4.14. The average molecular weight is 253 g/mol. The molecule has 0 rings (SSSR count). The first-order chi connectivity index (χ1) is 6.97. The normalized spacial score (nSPS) is 11.6. The van der Waals surface area contributed by atoms with E-state index in [1.807, 2.05) is 0 Å². The highest BCUT2D eigenvalue weighted by atomic mass is 35.5. The van der Waals surface area contributed by atoms with Crippen molar-refractivity contribution in [1.82, 2.24) is 0 Å². The molecule has 0 heterocycles. The lowest BCUT2D eigenvalue weighted by Crippen LogP contribution is -2.15. The molecule has 0 aliphatic carbocycles. The van der Waals surface area contributed by atoms with Gasteiger partial charge in [-0.15, -0.1) is 0 Å². The summed E-state index contributed by atoms with van der Waals surface area (Å²) in [5.74, 6) is -1.30. The minimum atomic E-state index is -0.714. The van der Waals surface area contributed by atoms with Gasteiger partial charge < -0.3 is 4.74 Å². The van der Waals surface area contributed by atoms with Crippen LogP contribution in [0, 0.1) is 5.92 Å². The van der Waals surface area contributed by atoms with Crippen molar-refractivity contribution in [2.75, 3.05) is 6.61 Å². The second-order valence-electron chi connectivity index (χ2n) is 2.72. The van der Waals surface area contributed by atoms with Crippen LogP contribution >= 0.6 is 23.2 Å². The minimum Gasteiger partial charge on any atom is -0.463 e. The topological polar surface area (TPSA) is 60.4 Å². The molecule has 0 aromatic heterocycles. The molecule has 0 saturated heterocycles. The van der Waals surface area contributed by atoms with E-state index in [0.717, 1.165) is 6.08 Å². The molecule has 0 bridgehead atoms. The third-order valence-corrected chi connectivity index (χ3v) is 2.07. The van der Waals surface area contributed by atoms with Crippen molar-refractivity contribution in [3.8, 4) is 0 Å². The summed E-state index contributed by atoms with van der Waals surface area (Å²) >= 11 is 10.3. The van der Waals surface area contributed by atoms with Gasteiger partial charge in [0.05, 0.1) is 6.61 Å². The van der Waals surface area contributed by atoms with Gasteiger partial charge in [0.15, 0.2) is 0 Å². The number of hydrogen-bond acceptors (Lipinski definition) is 4. The van der Waals surface area contributed by atoms with Crippen LogP contribution in [0.3, 0.4) is 0 Å². The van der Waals surface area contributed by atoms with Crippen molar-refractivity contribution in [3.05, 3.63) is 12.7 Å². The number of ether oxygens (including phenoxy) is 1. The van der Waals surface area contributed by atoms with Crippen LogP contribution < -0.4 is 0 Å². The Morgan fingerprint density at radius 3 is 2.33 bits per heavy atom. The third kappa shape index (κ3) is 7.11. The van der Waals surface area contributed by atoms with Crippen molar-refractivity contribution in [2.45, 2.75) is 12.8 Å². The standard InChI is InChI=1S/C9H10Cl2O4/c1-2-8(13)15-4-3-6(9(11)14)5-7(10)12/h2,6H,1,3-5H2. The quantitative estimate of drug-likeness (QED) is 0.393. The molecule has 84 valence electrons. The Labute approximate surface area is 97.2 Å². The lowest BCUT2D eigenvalue weighted by molar-refractivity contribution is -0.138. The molecule has 0 aromatic rings. The SMILES string of the molecule is C=CC(=O)OCCC(CC(=O)Cl)C(=O)Cl. The smallest absolute Gasteiger partial charge is 0.330 e. The summed E-state index contributed by atoms with van der Waals surface area (Å²) in [4.78, 5) is 32.0.